The lowest BCUT2D eigenvalue weighted by atomic mass is 10.1. The fraction of sp³-hybridized carbons (Fsp3) is 0.133. The summed E-state index contributed by atoms with van der Waals surface area (Å²) < 4.78 is 27.0. The maximum atomic E-state index is 13.7. The molecule has 3 rings (SSSR count). The van der Waals surface area contributed by atoms with Crippen molar-refractivity contribution >= 4 is 17.3 Å². The molecular weight excluding hydrogens is 262 g/mol. The van der Waals surface area contributed by atoms with Gasteiger partial charge in [0.25, 0.3) is 5.91 Å². The van der Waals surface area contributed by atoms with E-state index < -0.39 is 17.5 Å². The van der Waals surface area contributed by atoms with Gasteiger partial charge in [0.2, 0.25) is 0 Å². The summed E-state index contributed by atoms with van der Waals surface area (Å²) in [5, 5.41) is 0. The molecule has 3 nitrogen and oxygen atoms in total. The molecular formula is C15H12F2N2O. The van der Waals surface area contributed by atoms with Crippen LogP contribution >= 0.6 is 0 Å². The highest BCUT2D eigenvalue weighted by Crippen LogP contribution is 2.34. The zero-order valence-corrected chi connectivity index (χ0v) is 10.6. The van der Waals surface area contributed by atoms with Gasteiger partial charge in [0.15, 0.2) is 11.6 Å². The standard InChI is InChI=1S/C15H12F2N2O/c16-11-5-2-4-10(13(11)17)15(20)19-8-7-9-3-1-6-12(18)14(9)19/h1-6H,7-8,18H2. The number of carbonyl (C=O) groups excluding carboxylic acids is 1. The first-order valence-corrected chi connectivity index (χ1v) is 6.23. The van der Waals surface area contributed by atoms with E-state index in [1.165, 1.54) is 17.0 Å². The number of carbonyl (C=O) groups is 1. The quantitative estimate of drug-likeness (QED) is 0.813. The van der Waals surface area contributed by atoms with Crippen molar-refractivity contribution in [3.05, 3.63) is 59.2 Å². The monoisotopic (exact) mass is 274 g/mol. The lowest BCUT2D eigenvalue weighted by Crippen LogP contribution is -2.30. The number of rotatable bonds is 1. The normalized spacial score (nSPS) is 13.4. The number of para-hydroxylation sites is 1. The minimum absolute atomic E-state index is 0.277. The average molecular weight is 274 g/mol. The summed E-state index contributed by atoms with van der Waals surface area (Å²) >= 11 is 0. The van der Waals surface area contributed by atoms with Crippen molar-refractivity contribution in [3.8, 4) is 0 Å². The minimum atomic E-state index is -1.12. The second-order valence-corrected chi connectivity index (χ2v) is 4.66. The van der Waals surface area contributed by atoms with Gasteiger partial charge in [-0.2, -0.15) is 0 Å². The van der Waals surface area contributed by atoms with Crippen molar-refractivity contribution in [1.29, 1.82) is 0 Å². The number of halogens is 2. The van der Waals surface area contributed by atoms with E-state index in [1.807, 2.05) is 12.1 Å². The first-order valence-electron chi connectivity index (χ1n) is 6.23. The van der Waals surface area contributed by atoms with Crippen LogP contribution in [-0.2, 0) is 6.42 Å². The molecule has 20 heavy (non-hydrogen) atoms. The first kappa shape index (κ1) is 12.6. The predicted octanol–water partition coefficient (Wildman–Crippen LogP) is 2.75. The summed E-state index contributed by atoms with van der Waals surface area (Å²) in [6.07, 6.45) is 0.656. The molecule has 2 N–H and O–H groups in total. The summed E-state index contributed by atoms with van der Waals surface area (Å²) in [6, 6.07) is 8.95. The van der Waals surface area contributed by atoms with Gasteiger partial charge in [0.05, 0.1) is 16.9 Å². The second kappa shape index (κ2) is 4.59. The van der Waals surface area contributed by atoms with Crippen LogP contribution in [0.1, 0.15) is 15.9 Å². The number of amides is 1. The lowest BCUT2D eigenvalue weighted by molar-refractivity contribution is 0.0984. The van der Waals surface area contributed by atoms with Gasteiger partial charge in [-0.1, -0.05) is 18.2 Å². The molecule has 102 valence electrons. The van der Waals surface area contributed by atoms with Crippen LogP contribution in [0.25, 0.3) is 0 Å². The average Bonchev–Trinajstić information content (AvgIpc) is 2.86. The molecule has 0 spiro atoms. The van der Waals surface area contributed by atoms with Crippen LogP contribution < -0.4 is 10.6 Å². The Kier molecular flexibility index (Phi) is 2.89. The number of nitrogens with two attached hydrogens (primary N) is 1. The molecule has 0 fully saturated rings. The summed E-state index contributed by atoms with van der Waals surface area (Å²) in [4.78, 5) is 13.8. The highest BCUT2D eigenvalue weighted by molar-refractivity contribution is 6.09. The Balaban J connectivity index is 2.04. The molecule has 2 aromatic carbocycles. The SMILES string of the molecule is Nc1cccc2c1N(C(=O)c1cccc(F)c1F)CC2. The lowest BCUT2D eigenvalue weighted by Gasteiger charge is -2.19. The number of hydrogen-bond acceptors (Lipinski definition) is 2. The maximum absolute atomic E-state index is 13.7. The molecule has 1 aliphatic rings. The Morgan fingerprint density at radius 2 is 1.90 bits per heavy atom. The van der Waals surface area contributed by atoms with Gasteiger partial charge in [-0.25, -0.2) is 8.78 Å². The van der Waals surface area contributed by atoms with Gasteiger partial charge in [-0.15, -0.1) is 0 Å². The van der Waals surface area contributed by atoms with Gasteiger partial charge in [0.1, 0.15) is 0 Å². The van der Waals surface area contributed by atoms with Crippen LogP contribution in [-0.4, -0.2) is 12.5 Å². The van der Waals surface area contributed by atoms with E-state index in [1.54, 1.807) is 6.07 Å². The first-order chi connectivity index (χ1) is 9.59. The van der Waals surface area contributed by atoms with Crippen molar-refractivity contribution in [2.24, 2.45) is 0 Å². The van der Waals surface area contributed by atoms with Gasteiger partial charge in [-0.05, 0) is 30.2 Å². The van der Waals surface area contributed by atoms with Crippen molar-refractivity contribution in [2.75, 3.05) is 17.2 Å². The van der Waals surface area contributed by atoms with Crippen LogP contribution in [0.4, 0.5) is 20.2 Å². The van der Waals surface area contributed by atoms with Crippen molar-refractivity contribution < 1.29 is 13.6 Å². The Hall–Kier alpha value is -2.43. The Labute approximate surface area is 114 Å². The minimum Gasteiger partial charge on any atom is -0.397 e. The van der Waals surface area contributed by atoms with E-state index in [2.05, 4.69) is 0 Å². The molecule has 0 aliphatic carbocycles. The number of hydrogen-bond donors (Lipinski definition) is 1. The van der Waals surface area contributed by atoms with Crippen LogP contribution in [0.2, 0.25) is 0 Å². The van der Waals surface area contributed by atoms with E-state index >= 15 is 0 Å². The molecule has 2 aromatic rings. The van der Waals surface area contributed by atoms with E-state index in [0.29, 0.717) is 24.3 Å². The third-order valence-electron chi connectivity index (χ3n) is 3.45. The molecule has 0 saturated carbocycles. The largest absolute Gasteiger partial charge is 0.397 e. The molecule has 0 unspecified atom stereocenters. The van der Waals surface area contributed by atoms with Gasteiger partial charge in [-0.3, -0.25) is 4.79 Å². The number of fused-ring (bicyclic) bond motifs is 1. The summed E-state index contributed by atoms with van der Waals surface area (Å²) in [5.74, 6) is -2.73. The van der Waals surface area contributed by atoms with Crippen LogP contribution in [0.15, 0.2) is 36.4 Å². The number of benzene rings is 2. The van der Waals surface area contributed by atoms with Gasteiger partial charge < -0.3 is 10.6 Å². The van der Waals surface area contributed by atoms with Gasteiger partial charge >= 0.3 is 0 Å². The summed E-state index contributed by atoms with van der Waals surface area (Å²) in [6.45, 7) is 0.415. The van der Waals surface area contributed by atoms with E-state index in [0.717, 1.165) is 11.6 Å². The third kappa shape index (κ3) is 1.82. The molecule has 1 aliphatic heterocycles. The molecule has 5 heteroatoms. The van der Waals surface area contributed by atoms with Crippen molar-refractivity contribution in [1.82, 2.24) is 0 Å². The topological polar surface area (TPSA) is 46.3 Å². The maximum Gasteiger partial charge on any atom is 0.261 e. The third-order valence-corrected chi connectivity index (χ3v) is 3.45. The zero-order chi connectivity index (χ0) is 14.3. The molecule has 0 aromatic heterocycles. The summed E-state index contributed by atoms with van der Waals surface area (Å²) in [7, 11) is 0. The predicted molar refractivity (Wildman–Crippen MR) is 72.6 cm³/mol. The molecule has 1 amide bonds. The van der Waals surface area contributed by atoms with Crippen LogP contribution in [0.5, 0.6) is 0 Å². The fourth-order valence-corrected chi connectivity index (χ4v) is 2.50. The second-order valence-electron chi connectivity index (χ2n) is 4.66. The number of nitrogen functional groups attached to an aromatic ring is 1. The summed E-state index contributed by atoms with van der Waals surface area (Å²) in [5.41, 5.74) is 7.61. The Morgan fingerprint density at radius 3 is 2.70 bits per heavy atom. The highest BCUT2D eigenvalue weighted by Gasteiger charge is 2.29. The number of anilines is 2. The highest BCUT2D eigenvalue weighted by atomic mass is 19.2. The van der Waals surface area contributed by atoms with Crippen LogP contribution in [0, 0.1) is 11.6 Å². The Bertz CT molecular complexity index is 700. The van der Waals surface area contributed by atoms with Gasteiger partial charge in [0, 0.05) is 6.54 Å². The van der Waals surface area contributed by atoms with E-state index in [4.69, 9.17) is 5.73 Å². The fourth-order valence-electron chi connectivity index (χ4n) is 2.50. The molecule has 0 radical (unpaired) electrons. The smallest absolute Gasteiger partial charge is 0.261 e. The van der Waals surface area contributed by atoms with Crippen LogP contribution in [0.3, 0.4) is 0 Å². The van der Waals surface area contributed by atoms with Crippen molar-refractivity contribution in [3.63, 3.8) is 0 Å². The molecule has 0 bridgehead atoms. The number of nitrogens with zero attached hydrogens (tertiary/aromatic N) is 1. The zero-order valence-electron chi connectivity index (χ0n) is 10.6. The molecule has 1 heterocycles. The molecule has 0 atom stereocenters. The molecule has 0 saturated heterocycles. The van der Waals surface area contributed by atoms with E-state index in [-0.39, 0.29) is 5.56 Å². The van der Waals surface area contributed by atoms with Crippen molar-refractivity contribution in [2.45, 2.75) is 6.42 Å². The Morgan fingerprint density at radius 1 is 1.15 bits per heavy atom. The van der Waals surface area contributed by atoms with E-state index in [9.17, 15) is 13.6 Å².